The largest absolute Gasteiger partial charge is 0.331 e. The van der Waals surface area contributed by atoms with Gasteiger partial charge in [-0.15, -0.1) is 0 Å². The van der Waals surface area contributed by atoms with Crippen LogP contribution in [0.4, 0.5) is 0 Å². The molecule has 3 fully saturated rings. The average Bonchev–Trinajstić information content (AvgIpc) is 2.93. The van der Waals surface area contributed by atoms with Crippen molar-refractivity contribution in [2.45, 2.75) is 45.6 Å². The molecule has 0 aromatic rings. The summed E-state index contributed by atoms with van der Waals surface area (Å²) in [6, 6.07) is -0.151. The first-order valence-electron chi connectivity index (χ1n) is 7.07. The van der Waals surface area contributed by atoms with Gasteiger partial charge >= 0.3 is 0 Å². The van der Waals surface area contributed by atoms with E-state index in [9.17, 15) is 9.59 Å². The van der Waals surface area contributed by atoms with Crippen molar-refractivity contribution in [3.8, 4) is 0 Å². The van der Waals surface area contributed by atoms with Crippen molar-refractivity contribution in [2.75, 3.05) is 19.6 Å². The number of fused-ring (bicyclic) bond motifs is 1. The molecular weight excluding hydrogens is 228 g/mol. The highest BCUT2D eigenvalue weighted by Crippen LogP contribution is 2.52. The molecule has 100 valence electrons. The first-order valence-corrected chi connectivity index (χ1v) is 7.07. The van der Waals surface area contributed by atoms with Gasteiger partial charge in [-0.25, -0.2) is 0 Å². The molecule has 1 aliphatic carbocycles. The van der Waals surface area contributed by atoms with Gasteiger partial charge in [-0.3, -0.25) is 9.59 Å². The van der Waals surface area contributed by atoms with E-state index in [1.165, 1.54) is 6.42 Å². The topological polar surface area (TPSA) is 40.6 Å². The van der Waals surface area contributed by atoms with Gasteiger partial charge in [0.15, 0.2) is 0 Å². The van der Waals surface area contributed by atoms with Crippen LogP contribution in [0.1, 0.15) is 39.5 Å². The van der Waals surface area contributed by atoms with Gasteiger partial charge in [0.05, 0.1) is 6.54 Å². The van der Waals surface area contributed by atoms with Crippen LogP contribution < -0.4 is 0 Å². The summed E-state index contributed by atoms with van der Waals surface area (Å²) < 4.78 is 0. The van der Waals surface area contributed by atoms with Crippen LogP contribution in [0.5, 0.6) is 0 Å². The van der Waals surface area contributed by atoms with Gasteiger partial charge in [0.1, 0.15) is 6.04 Å². The quantitative estimate of drug-likeness (QED) is 0.740. The predicted molar refractivity (Wildman–Crippen MR) is 67.8 cm³/mol. The van der Waals surface area contributed by atoms with Crippen LogP contribution in [0, 0.1) is 11.3 Å². The molecule has 2 amide bonds. The third kappa shape index (κ3) is 1.91. The van der Waals surface area contributed by atoms with Crippen molar-refractivity contribution in [3.05, 3.63) is 0 Å². The Morgan fingerprint density at radius 2 is 2.00 bits per heavy atom. The summed E-state index contributed by atoms with van der Waals surface area (Å²) in [6.07, 6.45) is 4.16. The summed E-state index contributed by atoms with van der Waals surface area (Å²) in [5.74, 6) is 0.930. The maximum Gasteiger partial charge on any atom is 0.245 e. The molecule has 0 spiro atoms. The fraction of sp³-hybridized carbons (Fsp3) is 0.857. The number of hydrogen-bond acceptors (Lipinski definition) is 2. The average molecular weight is 250 g/mol. The number of piperazine rings is 1. The predicted octanol–water partition coefficient (Wildman–Crippen LogP) is 1.26. The second kappa shape index (κ2) is 3.97. The van der Waals surface area contributed by atoms with E-state index in [1.807, 2.05) is 4.90 Å². The smallest absolute Gasteiger partial charge is 0.245 e. The van der Waals surface area contributed by atoms with E-state index in [0.717, 1.165) is 32.4 Å². The van der Waals surface area contributed by atoms with Gasteiger partial charge in [0.2, 0.25) is 11.8 Å². The van der Waals surface area contributed by atoms with Crippen molar-refractivity contribution in [1.29, 1.82) is 0 Å². The molecule has 2 unspecified atom stereocenters. The Morgan fingerprint density at radius 1 is 1.28 bits per heavy atom. The molecule has 2 saturated heterocycles. The van der Waals surface area contributed by atoms with Crippen LogP contribution in [0.25, 0.3) is 0 Å². The Morgan fingerprint density at radius 3 is 2.67 bits per heavy atom. The Hall–Kier alpha value is -1.06. The summed E-state index contributed by atoms with van der Waals surface area (Å²) in [7, 11) is 0. The molecule has 2 atom stereocenters. The molecule has 3 aliphatic rings. The van der Waals surface area contributed by atoms with Gasteiger partial charge in [-0.05, 0) is 37.0 Å². The number of piperidine rings is 1. The number of nitrogens with zero attached hydrogens (tertiary/aromatic N) is 2. The molecule has 18 heavy (non-hydrogen) atoms. The Labute approximate surface area is 108 Å². The van der Waals surface area contributed by atoms with Gasteiger partial charge < -0.3 is 9.80 Å². The summed E-state index contributed by atoms with van der Waals surface area (Å²) in [5.41, 5.74) is 0.368. The zero-order valence-electron chi connectivity index (χ0n) is 11.3. The van der Waals surface area contributed by atoms with Crippen LogP contribution in [-0.4, -0.2) is 47.3 Å². The molecule has 1 saturated carbocycles. The zero-order chi connectivity index (χ0) is 12.9. The lowest BCUT2D eigenvalue weighted by Gasteiger charge is -2.43. The lowest BCUT2D eigenvalue weighted by atomic mass is 9.98. The third-order valence-electron chi connectivity index (χ3n) is 4.90. The molecule has 0 radical (unpaired) electrons. The van der Waals surface area contributed by atoms with E-state index < -0.39 is 0 Å². The Balaban J connectivity index is 1.69. The normalized spacial score (nSPS) is 34.6. The maximum atomic E-state index is 12.4. The molecule has 2 aliphatic heterocycles. The van der Waals surface area contributed by atoms with Gasteiger partial charge in [-0.2, -0.15) is 0 Å². The van der Waals surface area contributed by atoms with Gasteiger partial charge in [0, 0.05) is 13.1 Å². The second-order valence-electron chi connectivity index (χ2n) is 6.71. The van der Waals surface area contributed by atoms with Crippen LogP contribution in [0.3, 0.4) is 0 Å². The second-order valence-corrected chi connectivity index (χ2v) is 6.71. The summed E-state index contributed by atoms with van der Waals surface area (Å²) in [6.45, 7) is 6.34. The van der Waals surface area contributed by atoms with Gasteiger partial charge in [0.25, 0.3) is 0 Å². The third-order valence-corrected chi connectivity index (χ3v) is 4.90. The van der Waals surface area contributed by atoms with Crippen LogP contribution in [0.15, 0.2) is 0 Å². The van der Waals surface area contributed by atoms with Crippen molar-refractivity contribution < 1.29 is 9.59 Å². The summed E-state index contributed by atoms with van der Waals surface area (Å²) >= 11 is 0. The minimum atomic E-state index is -0.151. The molecule has 2 heterocycles. The zero-order valence-corrected chi connectivity index (χ0v) is 11.3. The van der Waals surface area contributed by atoms with E-state index in [2.05, 4.69) is 13.8 Å². The molecule has 0 bridgehead atoms. The number of carbonyl (C=O) groups excluding carboxylic acids is 2. The standard InChI is InChI=1S/C14H22N2O2/c1-14(2)7-10(14)8-15-9-12(17)16-6-4-3-5-11(16)13(15)18/h10-11H,3-9H2,1-2H3. The summed E-state index contributed by atoms with van der Waals surface area (Å²) in [4.78, 5) is 28.1. The first-order chi connectivity index (χ1) is 8.49. The highest BCUT2D eigenvalue weighted by Gasteiger charge is 2.49. The minimum Gasteiger partial charge on any atom is -0.331 e. The van der Waals surface area contributed by atoms with Crippen LogP contribution in [0.2, 0.25) is 0 Å². The van der Waals surface area contributed by atoms with E-state index in [0.29, 0.717) is 17.9 Å². The van der Waals surface area contributed by atoms with Crippen molar-refractivity contribution in [1.82, 2.24) is 9.80 Å². The Kier molecular flexibility index (Phi) is 2.65. The number of rotatable bonds is 2. The molecular formula is C14H22N2O2. The lowest BCUT2D eigenvalue weighted by Crippen LogP contribution is -2.61. The molecule has 0 aromatic carbocycles. The van der Waals surface area contributed by atoms with Crippen molar-refractivity contribution in [3.63, 3.8) is 0 Å². The van der Waals surface area contributed by atoms with Gasteiger partial charge in [-0.1, -0.05) is 13.8 Å². The van der Waals surface area contributed by atoms with E-state index in [-0.39, 0.29) is 17.9 Å². The first kappa shape index (κ1) is 12.0. The van der Waals surface area contributed by atoms with E-state index in [4.69, 9.17) is 0 Å². The minimum absolute atomic E-state index is 0.151. The molecule has 0 N–H and O–H groups in total. The fourth-order valence-corrected chi connectivity index (χ4v) is 3.34. The van der Waals surface area contributed by atoms with E-state index in [1.54, 1.807) is 4.90 Å². The number of carbonyl (C=O) groups is 2. The lowest BCUT2D eigenvalue weighted by molar-refractivity contribution is -0.158. The van der Waals surface area contributed by atoms with Crippen molar-refractivity contribution >= 4 is 11.8 Å². The van der Waals surface area contributed by atoms with Crippen LogP contribution >= 0.6 is 0 Å². The maximum absolute atomic E-state index is 12.4. The van der Waals surface area contributed by atoms with Crippen LogP contribution in [-0.2, 0) is 9.59 Å². The highest BCUT2D eigenvalue weighted by molar-refractivity contribution is 5.95. The SMILES string of the molecule is CC1(C)CC1CN1CC(=O)N2CCCCC2C1=O. The molecule has 4 heteroatoms. The monoisotopic (exact) mass is 250 g/mol. The molecule has 4 nitrogen and oxygen atoms in total. The summed E-state index contributed by atoms with van der Waals surface area (Å²) in [5, 5.41) is 0. The number of hydrogen-bond donors (Lipinski definition) is 0. The van der Waals surface area contributed by atoms with Crippen molar-refractivity contribution in [2.24, 2.45) is 11.3 Å². The highest BCUT2D eigenvalue weighted by atomic mass is 16.2. The number of amides is 2. The molecule has 3 rings (SSSR count). The van der Waals surface area contributed by atoms with E-state index >= 15 is 0 Å². The molecule has 0 aromatic heterocycles. The fourth-order valence-electron chi connectivity index (χ4n) is 3.34. The Bertz CT molecular complexity index is 391.